The smallest absolute Gasteiger partial charge is 0.346 e. The van der Waals surface area contributed by atoms with Crippen molar-refractivity contribution in [1.29, 1.82) is 0 Å². The highest BCUT2D eigenvalue weighted by Crippen LogP contribution is 2.24. The Hall–Kier alpha value is -3.41. The van der Waals surface area contributed by atoms with Gasteiger partial charge in [0.25, 0.3) is 0 Å². The Balaban J connectivity index is 1.90. The third-order valence-corrected chi connectivity index (χ3v) is 4.94. The molecule has 0 radical (unpaired) electrons. The second kappa shape index (κ2) is 9.87. The van der Waals surface area contributed by atoms with Gasteiger partial charge in [0.05, 0.1) is 12.1 Å². The molecular formula is C24H27N3O3. The van der Waals surface area contributed by atoms with Crippen LogP contribution in [0, 0.1) is 0 Å². The van der Waals surface area contributed by atoms with Crippen molar-refractivity contribution in [2.24, 2.45) is 0 Å². The number of benzene rings is 2. The molecule has 0 unspecified atom stereocenters. The molecule has 1 aromatic heterocycles. The maximum atomic E-state index is 12.8. The summed E-state index contributed by atoms with van der Waals surface area (Å²) >= 11 is 0. The van der Waals surface area contributed by atoms with Gasteiger partial charge in [-0.3, -0.25) is 4.57 Å². The number of rotatable bonds is 9. The van der Waals surface area contributed by atoms with Crippen LogP contribution in [0.5, 0.6) is 0 Å². The number of aromatic nitrogens is 3. The van der Waals surface area contributed by atoms with E-state index in [2.05, 4.69) is 12.0 Å². The van der Waals surface area contributed by atoms with Crippen LogP contribution >= 0.6 is 0 Å². The lowest BCUT2D eigenvalue weighted by Crippen LogP contribution is -2.25. The third kappa shape index (κ3) is 4.76. The highest BCUT2D eigenvalue weighted by atomic mass is 16.4. The zero-order valence-corrected chi connectivity index (χ0v) is 17.4. The van der Waals surface area contributed by atoms with Crippen molar-refractivity contribution in [3.63, 3.8) is 0 Å². The zero-order chi connectivity index (χ0) is 21.5. The number of carboxylic acid groups (broad SMARTS) is 1. The minimum atomic E-state index is -0.951. The molecule has 0 aliphatic heterocycles. The molecule has 0 saturated heterocycles. The van der Waals surface area contributed by atoms with E-state index in [0.29, 0.717) is 24.5 Å². The zero-order valence-electron chi connectivity index (χ0n) is 17.4. The second-order valence-corrected chi connectivity index (χ2v) is 7.16. The van der Waals surface area contributed by atoms with Gasteiger partial charge in [-0.15, -0.1) is 0 Å². The number of aryl methyl sites for hydroxylation is 1. The van der Waals surface area contributed by atoms with Crippen LogP contribution in [-0.4, -0.2) is 25.4 Å². The monoisotopic (exact) mass is 405 g/mol. The van der Waals surface area contributed by atoms with Crippen LogP contribution in [0.1, 0.15) is 54.9 Å². The molecule has 1 N–H and O–H groups in total. The van der Waals surface area contributed by atoms with Crippen LogP contribution in [0.25, 0.3) is 17.2 Å². The molecule has 6 nitrogen and oxygen atoms in total. The summed E-state index contributed by atoms with van der Waals surface area (Å²) in [6, 6.07) is 14.6. The number of carboxylic acids is 1. The van der Waals surface area contributed by atoms with Gasteiger partial charge in [-0.25, -0.2) is 14.3 Å². The molecule has 0 atom stereocenters. The summed E-state index contributed by atoms with van der Waals surface area (Å²) in [5, 5.41) is 13.9. The van der Waals surface area contributed by atoms with Crippen molar-refractivity contribution in [1.82, 2.24) is 14.3 Å². The van der Waals surface area contributed by atoms with E-state index in [1.165, 1.54) is 4.68 Å². The summed E-state index contributed by atoms with van der Waals surface area (Å²) in [6.45, 7) is 5.15. The molecule has 0 spiro atoms. The van der Waals surface area contributed by atoms with Crippen molar-refractivity contribution in [3.05, 3.63) is 82.0 Å². The van der Waals surface area contributed by atoms with Crippen LogP contribution in [-0.2, 0) is 13.1 Å². The molecule has 156 valence electrons. The molecule has 2 aromatic carbocycles. The quantitative estimate of drug-likeness (QED) is 0.561. The first-order valence-electron chi connectivity index (χ1n) is 10.3. The lowest BCUT2D eigenvalue weighted by molar-refractivity contribution is 0.0697. The molecule has 0 amide bonds. The van der Waals surface area contributed by atoms with Gasteiger partial charge >= 0.3 is 11.7 Å². The Morgan fingerprint density at radius 3 is 2.50 bits per heavy atom. The molecule has 0 bridgehead atoms. The van der Waals surface area contributed by atoms with Crippen molar-refractivity contribution in [3.8, 4) is 11.1 Å². The lowest BCUT2D eigenvalue weighted by atomic mass is 9.99. The van der Waals surface area contributed by atoms with Crippen molar-refractivity contribution in [2.75, 3.05) is 0 Å². The molecule has 0 aliphatic carbocycles. The van der Waals surface area contributed by atoms with Crippen LogP contribution in [0.4, 0.5) is 0 Å². The Bertz CT molecular complexity index is 1090. The van der Waals surface area contributed by atoms with E-state index in [4.69, 9.17) is 0 Å². The largest absolute Gasteiger partial charge is 0.478 e. The average Bonchev–Trinajstić information content (AvgIpc) is 3.05. The highest BCUT2D eigenvalue weighted by molar-refractivity contribution is 5.95. The van der Waals surface area contributed by atoms with E-state index < -0.39 is 5.97 Å². The fourth-order valence-corrected chi connectivity index (χ4v) is 3.30. The van der Waals surface area contributed by atoms with Crippen LogP contribution < -0.4 is 5.69 Å². The standard InChI is InChI=1S/C24H27N3O3/c1-3-5-11-22-25-27(16-6-4-2)24(30)26(22)17-18-12-14-19(15-13-18)20-9-7-8-10-21(20)23(28)29/h5,7-15H,3-4,6,16-17H2,1-2H3,(H,28,29). The number of aromatic carboxylic acids is 1. The van der Waals surface area contributed by atoms with Gasteiger partial charge in [-0.2, -0.15) is 5.10 Å². The van der Waals surface area contributed by atoms with Crippen molar-refractivity contribution in [2.45, 2.75) is 46.2 Å². The summed E-state index contributed by atoms with van der Waals surface area (Å²) in [5.74, 6) is -0.300. The Kier molecular flexibility index (Phi) is 7.01. The first kappa shape index (κ1) is 21.3. The van der Waals surface area contributed by atoms with E-state index in [1.807, 2.05) is 49.4 Å². The summed E-state index contributed by atoms with van der Waals surface area (Å²) < 4.78 is 3.22. The topological polar surface area (TPSA) is 77.1 Å². The molecule has 3 aromatic rings. The molecule has 6 heteroatoms. The van der Waals surface area contributed by atoms with Crippen LogP contribution in [0.3, 0.4) is 0 Å². The highest BCUT2D eigenvalue weighted by Gasteiger charge is 2.13. The molecule has 30 heavy (non-hydrogen) atoms. The molecule has 3 rings (SSSR count). The second-order valence-electron chi connectivity index (χ2n) is 7.16. The Labute approximate surface area is 176 Å². The minimum absolute atomic E-state index is 0.112. The summed E-state index contributed by atoms with van der Waals surface area (Å²) in [7, 11) is 0. The molecule has 0 saturated carbocycles. The van der Waals surface area contributed by atoms with Gasteiger partial charge in [0.1, 0.15) is 0 Å². The summed E-state index contributed by atoms with van der Waals surface area (Å²) in [4.78, 5) is 24.3. The Morgan fingerprint density at radius 2 is 1.83 bits per heavy atom. The summed E-state index contributed by atoms with van der Waals surface area (Å²) in [5.41, 5.74) is 2.61. The number of nitrogens with zero attached hydrogens (tertiary/aromatic N) is 3. The van der Waals surface area contributed by atoms with Gasteiger partial charge in [0.2, 0.25) is 0 Å². The van der Waals surface area contributed by atoms with E-state index in [9.17, 15) is 14.7 Å². The van der Waals surface area contributed by atoms with Crippen LogP contribution in [0.2, 0.25) is 0 Å². The van der Waals surface area contributed by atoms with E-state index in [1.54, 1.807) is 22.8 Å². The number of hydrogen-bond donors (Lipinski definition) is 1. The first-order chi connectivity index (χ1) is 14.5. The van der Waals surface area contributed by atoms with Gasteiger partial charge in [0.15, 0.2) is 5.82 Å². The van der Waals surface area contributed by atoms with Gasteiger partial charge < -0.3 is 5.11 Å². The van der Waals surface area contributed by atoms with Gasteiger partial charge in [-0.05, 0) is 41.7 Å². The molecule has 0 aliphatic rings. The normalized spacial score (nSPS) is 11.3. The van der Waals surface area contributed by atoms with Crippen molar-refractivity contribution < 1.29 is 9.90 Å². The Morgan fingerprint density at radius 1 is 1.10 bits per heavy atom. The minimum Gasteiger partial charge on any atom is -0.478 e. The maximum absolute atomic E-state index is 12.8. The van der Waals surface area contributed by atoms with Gasteiger partial charge in [0, 0.05) is 6.54 Å². The number of carbonyl (C=O) groups is 1. The maximum Gasteiger partial charge on any atom is 0.346 e. The third-order valence-electron chi connectivity index (χ3n) is 4.94. The van der Waals surface area contributed by atoms with Gasteiger partial charge in [-0.1, -0.05) is 68.8 Å². The number of unbranched alkanes of at least 4 members (excludes halogenated alkanes) is 1. The average molecular weight is 405 g/mol. The summed E-state index contributed by atoms with van der Waals surface area (Å²) in [6.07, 6.45) is 6.66. The first-order valence-corrected chi connectivity index (χ1v) is 10.3. The fourth-order valence-electron chi connectivity index (χ4n) is 3.30. The SMILES string of the molecule is CCC=Cc1nn(CCCC)c(=O)n1Cc1ccc(-c2ccccc2C(=O)O)cc1. The lowest BCUT2D eigenvalue weighted by Gasteiger charge is -2.08. The number of allylic oxidation sites excluding steroid dienone is 1. The van der Waals surface area contributed by atoms with E-state index in [-0.39, 0.29) is 11.3 Å². The molecular weight excluding hydrogens is 378 g/mol. The van der Waals surface area contributed by atoms with E-state index >= 15 is 0 Å². The van der Waals surface area contributed by atoms with Crippen molar-refractivity contribution >= 4 is 12.0 Å². The van der Waals surface area contributed by atoms with Crippen LogP contribution in [0.15, 0.2) is 59.4 Å². The fraction of sp³-hybridized carbons (Fsp3) is 0.292. The molecule has 1 heterocycles. The molecule has 0 fully saturated rings. The predicted molar refractivity (Wildman–Crippen MR) is 119 cm³/mol. The van der Waals surface area contributed by atoms with E-state index in [0.717, 1.165) is 30.4 Å². The number of hydrogen-bond acceptors (Lipinski definition) is 3. The predicted octanol–water partition coefficient (Wildman–Crippen LogP) is 4.68.